The molecule has 1 aromatic rings. The smallest absolute Gasteiger partial charge is 0.123 e. The minimum Gasteiger partial charge on any atom is -0.389 e. The Labute approximate surface area is 106 Å². The van der Waals surface area contributed by atoms with Gasteiger partial charge in [-0.1, -0.05) is 0 Å². The summed E-state index contributed by atoms with van der Waals surface area (Å²) < 4.78 is 13.3. The first kappa shape index (κ1) is 13.3. The summed E-state index contributed by atoms with van der Waals surface area (Å²) in [7, 11) is 1.81. The second kappa shape index (κ2) is 5.22. The number of benzene rings is 1. The van der Waals surface area contributed by atoms with E-state index in [0.717, 1.165) is 11.3 Å². The summed E-state index contributed by atoms with van der Waals surface area (Å²) in [6, 6.07) is 4.60. The van der Waals surface area contributed by atoms with Crippen molar-refractivity contribution >= 4 is 5.69 Å². The van der Waals surface area contributed by atoms with Gasteiger partial charge in [-0.3, -0.25) is 0 Å². The van der Waals surface area contributed by atoms with Gasteiger partial charge < -0.3 is 20.4 Å². The minimum absolute atomic E-state index is 0.00517. The van der Waals surface area contributed by atoms with Crippen LogP contribution in [0.4, 0.5) is 10.1 Å². The first-order valence-electron chi connectivity index (χ1n) is 6.10. The number of anilines is 1. The molecular formula is C13H19FN2O2. The van der Waals surface area contributed by atoms with Crippen molar-refractivity contribution in [1.29, 1.82) is 0 Å². The highest BCUT2D eigenvalue weighted by Gasteiger charge is 2.31. The average molecular weight is 254 g/mol. The van der Waals surface area contributed by atoms with Crippen molar-refractivity contribution in [2.45, 2.75) is 25.2 Å². The van der Waals surface area contributed by atoms with Crippen molar-refractivity contribution in [3.05, 3.63) is 29.6 Å². The molecule has 4 nitrogen and oxygen atoms in total. The van der Waals surface area contributed by atoms with Crippen LogP contribution in [0.25, 0.3) is 0 Å². The summed E-state index contributed by atoms with van der Waals surface area (Å²) in [5, 5.41) is 22.3. The van der Waals surface area contributed by atoms with Crippen LogP contribution < -0.4 is 10.2 Å². The molecule has 1 aliphatic heterocycles. The molecule has 18 heavy (non-hydrogen) atoms. The molecule has 0 radical (unpaired) electrons. The van der Waals surface area contributed by atoms with Crippen molar-refractivity contribution in [3.8, 4) is 0 Å². The normalized spacial score (nSPS) is 25.5. The first-order valence-corrected chi connectivity index (χ1v) is 6.10. The van der Waals surface area contributed by atoms with Gasteiger partial charge in [0.2, 0.25) is 0 Å². The highest BCUT2D eigenvalue weighted by atomic mass is 19.1. The summed E-state index contributed by atoms with van der Waals surface area (Å²) in [6.45, 7) is 2.69. The Bertz CT molecular complexity index is 417. The number of nitrogens with one attached hydrogen (secondary N) is 1. The SMILES string of the molecule is CNC(C)c1cc(F)ccc1N1CC(O)C(O)C1. The van der Waals surface area contributed by atoms with Gasteiger partial charge >= 0.3 is 0 Å². The van der Waals surface area contributed by atoms with Crippen LogP contribution in [0.3, 0.4) is 0 Å². The minimum atomic E-state index is -0.743. The third kappa shape index (κ3) is 2.48. The van der Waals surface area contributed by atoms with E-state index in [1.54, 1.807) is 6.07 Å². The van der Waals surface area contributed by atoms with Crippen LogP contribution in [0.5, 0.6) is 0 Å². The molecule has 1 saturated heterocycles. The Balaban J connectivity index is 2.32. The standard InChI is InChI=1S/C13H19FN2O2/c1-8(15-2)10-5-9(14)3-4-11(10)16-6-12(17)13(18)7-16/h3-5,8,12-13,15,17-18H,6-7H2,1-2H3. The number of aliphatic hydroxyl groups is 2. The van der Waals surface area contributed by atoms with E-state index in [9.17, 15) is 14.6 Å². The number of hydrogen-bond acceptors (Lipinski definition) is 4. The highest BCUT2D eigenvalue weighted by molar-refractivity contribution is 5.56. The third-order valence-electron chi connectivity index (χ3n) is 3.49. The largest absolute Gasteiger partial charge is 0.389 e. The monoisotopic (exact) mass is 254 g/mol. The van der Waals surface area contributed by atoms with Gasteiger partial charge in [0, 0.05) is 24.8 Å². The van der Waals surface area contributed by atoms with Crippen molar-refractivity contribution in [1.82, 2.24) is 5.32 Å². The van der Waals surface area contributed by atoms with Gasteiger partial charge in [-0.05, 0) is 37.7 Å². The van der Waals surface area contributed by atoms with Crippen molar-refractivity contribution in [2.24, 2.45) is 0 Å². The molecule has 1 aromatic carbocycles. The maximum Gasteiger partial charge on any atom is 0.123 e. The van der Waals surface area contributed by atoms with E-state index < -0.39 is 12.2 Å². The molecule has 0 aromatic heterocycles. The molecule has 0 saturated carbocycles. The predicted molar refractivity (Wildman–Crippen MR) is 68.1 cm³/mol. The molecule has 3 unspecified atom stereocenters. The zero-order valence-electron chi connectivity index (χ0n) is 10.6. The van der Waals surface area contributed by atoms with Crippen LogP contribution in [-0.4, -0.2) is 42.6 Å². The van der Waals surface area contributed by atoms with Crippen LogP contribution in [0.15, 0.2) is 18.2 Å². The molecule has 3 N–H and O–H groups in total. The van der Waals surface area contributed by atoms with Crippen molar-refractivity contribution in [2.75, 3.05) is 25.0 Å². The Hall–Kier alpha value is -1.17. The molecule has 1 fully saturated rings. The van der Waals surface area contributed by atoms with Gasteiger partial charge in [-0.2, -0.15) is 0 Å². The van der Waals surface area contributed by atoms with Crippen molar-refractivity contribution in [3.63, 3.8) is 0 Å². The fraction of sp³-hybridized carbons (Fsp3) is 0.538. The third-order valence-corrected chi connectivity index (χ3v) is 3.49. The van der Waals surface area contributed by atoms with Crippen LogP contribution in [0.2, 0.25) is 0 Å². The van der Waals surface area contributed by atoms with E-state index in [4.69, 9.17) is 0 Å². The van der Waals surface area contributed by atoms with Crippen LogP contribution >= 0.6 is 0 Å². The van der Waals surface area contributed by atoms with Crippen molar-refractivity contribution < 1.29 is 14.6 Å². The first-order chi connectivity index (χ1) is 8.52. The van der Waals surface area contributed by atoms with E-state index in [1.807, 2.05) is 18.9 Å². The molecule has 1 heterocycles. The van der Waals surface area contributed by atoms with Gasteiger partial charge in [0.25, 0.3) is 0 Å². The summed E-state index contributed by atoms with van der Waals surface area (Å²) in [5.41, 5.74) is 1.69. The number of hydrogen-bond donors (Lipinski definition) is 3. The number of β-amino-alcohol motifs (C(OH)–C–C–N with tert-alkyl or cyclic N) is 2. The Kier molecular flexibility index (Phi) is 3.85. The molecule has 0 amide bonds. The Morgan fingerprint density at radius 3 is 2.50 bits per heavy atom. The van der Waals surface area contributed by atoms with E-state index in [1.165, 1.54) is 12.1 Å². The maximum atomic E-state index is 13.3. The lowest BCUT2D eigenvalue weighted by Crippen LogP contribution is -2.24. The van der Waals surface area contributed by atoms with Gasteiger partial charge in [-0.25, -0.2) is 4.39 Å². The average Bonchev–Trinajstić information content (AvgIpc) is 2.68. The highest BCUT2D eigenvalue weighted by Crippen LogP contribution is 2.29. The summed E-state index contributed by atoms with van der Waals surface area (Å²) in [6.07, 6.45) is -1.49. The molecule has 2 rings (SSSR count). The number of nitrogens with zero attached hydrogens (tertiary/aromatic N) is 1. The zero-order valence-corrected chi connectivity index (χ0v) is 10.6. The second-order valence-electron chi connectivity index (χ2n) is 4.75. The quantitative estimate of drug-likeness (QED) is 0.741. The number of rotatable bonds is 3. The van der Waals surface area contributed by atoms with Crippen LogP contribution in [0, 0.1) is 5.82 Å². The molecule has 0 aliphatic carbocycles. The second-order valence-corrected chi connectivity index (χ2v) is 4.75. The fourth-order valence-corrected chi connectivity index (χ4v) is 2.28. The maximum absolute atomic E-state index is 13.3. The Morgan fingerprint density at radius 1 is 1.33 bits per heavy atom. The molecule has 0 spiro atoms. The van der Waals surface area contributed by atoms with E-state index in [-0.39, 0.29) is 11.9 Å². The van der Waals surface area contributed by atoms with E-state index in [2.05, 4.69) is 5.32 Å². The predicted octanol–water partition coefficient (Wildman–Crippen LogP) is 0.648. The lowest BCUT2D eigenvalue weighted by atomic mass is 10.1. The molecule has 100 valence electrons. The van der Waals surface area contributed by atoms with E-state index in [0.29, 0.717) is 13.1 Å². The molecule has 3 atom stereocenters. The molecule has 1 aliphatic rings. The summed E-state index contributed by atoms with van der Waals surface area (Å²) in [5.74, 6) is -0.281. The zero-order chi connectivity index (χ0) is 13.3. The molecule has 0 bridgehead atoms. The lowest BCUT2D eigenvalue weighted by molar-refractivity contribution is 0.0572. The molecular weight excluding hydrogens is 235 g/mol. The fourth-order valence-electron chi connectivity index (χ4n) is 2.28. The Morgan fingerprint density at radius 2 is 1.94 bits per heavy atom. The number of halogens is 1. The summed E-state index contributed by atoms with van der Waals surface area (Å²) in [4.78, 5) is 1.89. The molecule has 5 heteroatoms. The van der Waals surface area contributed by atoms with Gasteiger partial charge in [0.1, 0.15) is 5.82 Å². The van der Waals surface area contributed by atoms with E-state index >= 15 is 0 Å². The van der Waals surface area contributed by atoms with Gasteiger partial charge in [0.15, 0.2) is 0 Å². The number of aliphatic hydroxyl groups excluding tert-OH is 2. The topological polar surface area (TPSA) is 55.7 Å². The lowest BCUT2D eigenvalue weighted by Gasteiger charge is -2.24. The van der Waals surface area contributed by atoms with Crippen LogP contribution in [0.1, 0.15) is 18.5 Å². The van der Waals surface area contributed by atoms with Gasteiger partial charge in [0.05, 0.1) is 12.2 Å². The van der Waals surface area contributed by atoms with Crippen LogP contribution in [-0.2, 0) is 0 Å². The summed E-state index contributed by atoms with van der Waals surface area (Å²) >= 11 is 0. The van der Waals surface area contributed by atoms with Gasteiger partial charge in [-0.15, -0.1) is 0 Å².